The Morgan fingerprint density at radius 2 is 2.15 bits per heavy atom. The number of aliphatic hydroxyl groups excluding tert-OH is 1. The second-order valence-electron chi connectivity index (χ2n) is 3.33. The summed E-state index contributed by atoms with van der Waals surface area (Å²) in [7, 11) is 0. The lowest BCUT2D eigenvalue weighted by atomic mass is 9.95. The molecular weight excluding hydrogens is 166 g/mol. The van der Waals surface area contributed by atoms with Gasteiger partial charge in [-0.15, -0.1) is 0 Å². The van der Waals surface area contributed by atoms with E-state index >= 15 is 0 Å². The summed E-state index contributed by atoms with van der Waals surface area (Å²) in [5.41, 5.74) is 0.645. The Hall–Kier alpha value is -0.900. The van der Waals surface area contributed by atoms with Gasteiger partial charge in [0.25, 0.3) is 0 Å². The van der Waals surface area contributed by atoms with E-state index in [0.717, 1.165) is 19.3 Å². The van der Waals surface area contributed by atoms with Gasteiger partial charge in [0, 0.05) is 0 Å². The Kier molecular flexibility index (Phi) is 3.89. The van der Waals surface area contributed by atoms with Gasteiger partial charge in [-0.05, 0) is 12.3 Å². The first-order chi connectivity index (χ1) is 6.27. The third-order valence-electron chi connectivity index (χ3n) is 2.49. The maximum absolute atomic E-state index is 9.72. The quantitative estimate of drug-likeness (QED) is 0.729. The first kappa shape index (κ1) is 10.2. The fourth-order valence-electron chi connectivity index (χ4n) is 1.43. The molecule has 0 bridgehead atoms. The van der Waals surface area contributed by atoms with Gasteiger partial charge in [-0.25, -0.2) is 0 Å². The van der Waals surface area contributed by atoms with Gasteiger partial charge in [-0.1, -0.05) is 26.7 Å². The Bertz CT molecular complexity index is 219. The molecule has 4 nitrogen and oxygen atoms in total. The Morgan fingerprint density at radius 1 is 1.46 bits per heavy atom. The molecule has 74 valence electrons. The van der Waals surface area contributed by atoms with Gasteiger partial charge in [0.2, 0.25) is 0 Å². The molecule has 0 saturated heterocycles. The van der Waals surface area contributed by atoms with E-state index in [1.165, 1.54) is 0 Å². The van der Waals surface area contributed by atoms with Crippen LogP contribution in [0.2, 0.25) is 0 Å². The van der Waals surface area contributed by atoms with Gasteiger partial charge in [0.1, 0.15) is 5.69 Å². The number of aromatic nitrogens is 3. The molecule has 0 radical (unpaired) electrons. The van der Waals surface area contributed by atoms with Gasteiger partial charge in [-0.2, -0.15) is 15.4 Å². The molecule has 0 fully saturated rings. The van der Waals surface area contributed by atoms with Crippen molar-refractivity contribution in [3.05, 3.63) is 11.9 Å². The molecule has 0 saturated carbocycles. The number of hydrogen-bond acceptors (Lipinski definition) is 3. The third kappa shape index (κ3) is 2.81. The van der Waals surface area contributed by atoms with E-state index in [1.54, 1.807) is 6.20 Å². The second-order valence-corrected chi connectivity index (χ2v) is 3.33. The number of rotatable bonds is 5. The van der Waals surface area contributed by atoms with Crippen molar-refractivity contribution in [3.63, 3.8) is 0 Å². The van der Waals surface area contributed by atoms with Crippen LogP contribution in [-0.2, 0) is 0 Å². The summed E-state index contributed by atoms with van der Waals surface area (Å²) < 4.78 is 0. The molecule has 0 aliphatic carbocycles. The molecule has 1 aromatic heterocycles. The summed E-state index contributed by atoms with van der Waals surface area (Å²) in [6.07, 6.45) is 4.09. The molecule has 1 atom stereocenters. The fraction of sp³-hybridized carbons (Fsp3) is 0.778. The van der Waals surface area contributed by atoms with Crippen LogP contribution in [-0.4, -0.2) is 20.5 Å². The zero-order chi connectivity index (χ0) is 9.68. The lowest BCUT2D eigenvalue weighted by molar-refractivity contribution is 0.137. The predicted octanol–water partition coefficient (Wildman–Crippen LogP) is 1.66. The van der Waals surface area contributed by atoms with Crippen LogP contribution in [0.25, 0.3) is 0 Å². The Balaban J connectivity index is 2.45. The largest absolute Gasteiger partial charge is 0.387 e. The molecule has 2 N–H and O–H groups in total. The van der Waals surface area contributed by atoms with Crippen molar-refractivity contribution in [1.82, 2.24) is 15.4 Å². The highest BCUT2D eigenvalue weighted by atomic mass is 16.3. The molecule has 0 aliphatic heterocycles. The van der Waals surface area contributed by atoms with E-state index in [0.29, 0.717) is 11.6 Å². The standard InChI is InChI=1S/C9H17N3O/c1-3-7(4-2)5-9(13)8-6-10-12-11-8/h6-7,9,13H,3-5H2,1-2H3,(H,10,11,12). The van der Waals surface area contributed by atoms with E-state index in [4.69, 9.17) is 0 Å². The van der Waals surface area contributed by atoms with Crippen molar-refractivity contribution in [2.75, 3.05) is 0 Å². The summed E-state index contributed by atoms with van der Waals surface area (Å²) >= 11 is 0. The van der Waals surface area contributed by atoms with Crippen LogP contribution in [0, 0.1) is 5.92 Å². The molecule has 1 aromatic rings. The lowest BCUT2D eigenvalue weighted by Gasteiger charge is -2.14. The van der Waals surface area contributed by atoms with Gasteiger partial charge >= 0.3 is 0 Å². The van der Waals surface area contributed by atoms with E-state index in [-0.39, 0.29) is 0 Å². The molecule has 0 aromatic carbocycles. The number of aliphatic hydroxyl groups is 1. The van der Waals surface area contributed by atoms with Gasteiger partial charge in [-0.3, -0.25) is 0 Å². The summed E-state index contributed by atoms with van der Waals surface area (Å²) in [4.78, 5) is 0. The van der Waals surface area contributed by atoms with Crippen LogP contribution in [0.3, 0.4) is 0 Å². The first-order valence-electron chi connectivity index (χ1n) is 4.81. The highest BCUT2D eigenvalue weighted by Crippen LogP contribution is 2.22. The number of hydrogen-bond donors (Lipinski definition) is 2. The predicted molar refractivity (Wildman–Crippen MR) is 50.0 cm³/mol. The molecule has 1 unspecified atom stereocenters. The van der Waals surface area contributed by atoms with Gasteiger partial charge in [0.15, 0.2) is 0 Å². The average molecular weight is 183 g/mol. The summed E-state index contributed by atoms with van der Waals surface area (Å²) in [6, 6.07) is 0. The molecule has 0 amide bonds. The molecule has 0 spiro atoms. The minimum atomic E-state index is -0.469. The first-order valence-corrected chi connectivity index (χ1v) is 4.81. The van der Waals surface area contributed by atoms with Gasteiger partial charge in [0.05, 0.1) is 12.3 Å². The van der Waals surface area contributed by atoms with E-state index in [1.807, 2.05) is 0 Å². The van der Waals surface area contributed by atoms with Crippen molar-refractivity contribution in [2.45, 2.75) is 39.2 Å². The smallest absolute Gasteiger partial charge is 0.111 e. The van der Waals surface area contributed by atoms with Crippen molar-refractivity contribution in [2.24, 2.45) is 5.92 Å². The summed E-state index contributed by atoms with van der Waals surface area (Å²) in [5, 5.41) is 19.7. The monoisotopic (exact) mass is 183 g/mol. The van der Waals surface area contributed by atoms with Crippen molar-refractivity contribution >= 4 is 0 Å². The number of aromatic amines is 1. The van der Waals surface area contributed by atoms with E-state index < -0.39 is 6.10 Å². The van der Waals surface area contributed by atoms with Crippen molar-refractivity contribution < 1.29 is 5.11 Å². The Morgan fingerprint density at radius 3 is 2.62 bits per heavy atom. The molecule has 13 heavy (non-hydrogen) atoms. The van der Waals surface area contributed by atoms with E-state index in [9.17, 15) is 5.11 Å². The number of H-pyrrole nitrogens is 1. The van der Waals surface area contributed by atoms with Crippen molar-refractivity contribution in [3.8, 4) is 0 Å². The zero-order valence-electron chi connectivity index (χ0n) is 8.20. The average Bonchev–Trinajstić information content (AvgIpc) is 2.66. The minimum Gasteiger partial charge on any atom is -0.387 e. The molecule has 0 aliphatic rings. The third-order valence-corrected chi connectivity index (χ3v) is 2.49. The van der Waals surface area contributed by atoms with Crippen LogP contribution < -0.4 is 0 Å². The maximum atomic E-state index is 9.72. The lowest BCUT2D eigenvalue weighted by Crippen LogP contribution is -2.06. The van der Waals surface area contributed by atoms with Crippen LogP contribution in [0.5, 0.6) is 0 Å². The highest BCUT2D eigenvalue weighted by molar-refractivity contribution is 4.95. The van der Waals surface area contributed by atoms with Crippen molar-refractivity contribution in [1.29, 1.82) is 0 Å². The zero-order valence-corrected chi connectivity index (χ0v) is 8.20. The summed E-state index contributed by atoms with van der Waals surface area (Å²) in [5.74, 6) is 0.576. The van der Waals surface area contributed by atoms with Crippen LogP contribution in [0.4, 0.5) is 0 Å². The normalized spacial score (nSPS) is 13.5. The van der Waals surface area contributed by atoms with Gasteiger partial charge < -0.3 is 5.11 Å². The van der Waals surface area contributed by atoms with Crippen LogP contribution in [0.1, 0.15) is 44.9 Å². The maximum Gasteiger partial charge on any atom is 0.111 e. The van der Waals surface area contributed by atoms with E-state index in [2.05, 4.69) is 29.3 Å². The Labute approximate surface area is 78.4 Å². The van der Waals surface area contributed by atoms with Crippen LogP contribution in [0.15, 0.2) is 6.20 Å². The summed E-state index contributed by atoms with van der Waals surface area (Å²) in [6.45, 7) is 4.29. The topological polar surface area (TPSA) is 61.8 Å². The SMILES string of the molecule is CCC(CC)CC(O)c1cn[nH]n1. The molecular formula is C9H17N3O. The van der Waals surface area contributed by atoms with Crippen LogP contribution >= 0.6 is 0 Å². The molecule has 1 heterocycles. The number of nitrogens with zero attached hydrogens (tertiary/aromatic N) is 2. The second kappa shape index (κ2) is 4.97. The number of nitrogens with one attached hydrogen (secondary N) is 1. The molecule has 1 rings (SSSR count). The molecule has 4 heteroatoms. The highest BCUT2D eigenvalue weighted by Gasteiger charge is 2.14. The minimum absolute atomic E-state index is 0.469. The fourth-order valence-corrected chi connectivity index (χ4v) is 1.43.